The number of rotatable bonds is 3. The molecule has 1 saturated heterocycles. The molecule has 0 atom stereocenters. The highest BCUT2D eigenvalue weighted by Crippen LogP contribution is 2.16. The summed E-state index contributed by atoms with van der Waals surface area (Å²) in [5.74, 6) is 0.567. The highest BCUT2D eigenvalue weighted by atomic mass is 19.1. The molecule has 6 nitrogen and oxygen atoms in total. The molecule has 0 unspecified atom stereocenters. The van der Waals surface area contributed by atoms with Gasteiger partial charge in [0.2, 0.25) is 0 Å². The third-order valence-corrected chi connectivity index (χ3v) is 3.94. The Morgan fingerprint density at radius 3 is 2.25 bits per heavy atom. The van der Waals surface area contributed by atoms with E-state index in [1.54, 1.807) is 6.20 Å². The van der Waals surface area contributed by atoms with Gasteiger partial charge in [0, 0.05) is 31.9 Å². The standard InChI is InChI=1S/C17H20FN5O/c1-22-8-10-23(11-9-22)16-7-6-15(12-19-16)21-17(24)20-14-4-2-13(18)3-5-14/h2-7,12H,8-11H2,1H3,(H2,20,21,24). The number of carbonyl (C=O) groups excluding carboxylic acids is 1. The molecule has 0 radical (unpaired) electrons. The molecular weight excluding hydrogens is 309 g/mol. The predicted octanol–water partition coefficient (Wildman–Crippen LogP) is 2.62. The average Bonchev–Trinajstić information content (AvgIpc) is 2.58. The number of halogens is 1. The maximum Gasteiger partial charge on any atom is 0.323 e. The molecule has 2 aromatic rings. The molecule has 1 aliphatic rings. The first-order valence-corrected chi connectivity index (χ1v) is 7.83. The minimum Gasteiger partial charge on any atom is -0.354 e. The van der Waals surface area contributed by atoms with E-state index in [4.69, 9.17) is 0 Å². The summed E-state index contributed by atoms with van der Waals surface area (Å²) in [5, 5.41) is 5.35. The Kier molecular flexibility index (Phi) is 4.90. The van der Waals surface area contributed by atoms with E-state index in [-0.39, 0.29) is 5.82 Å². The van der Waals surface area contributed by atoms with Gasteiger partial charge >= 0.3 is 6.03 Å². The van der Waals surface area contributed by atoms with Crippen molar-refractivity contribution in [2.24, 2.45) is 0 Å². The average molecular weight is 329 g/mol. The molecule has 1 aromatic carbocycles. The lowest BCUT2D eigenvalue weighted by molar-refractivity contribution is 0.262. The van der Waals surface area contributed by atoms with Gasteiger partial charge in [-0.2, -0.15) is 0 Å². The number of nitrogens with zero attached hydrogens (tertiary/aromatic N) is 3. The fraction of sp³-hybridized carbons (Fsp3) is 0.294. The number of carbonyl (C=O) groups is 1. The fourth-order valence-electron chi connectivity index (χ4n) is 2.51. The second kappa shape index (κ2) is 7.27. The van der Waals surface area contributed by atoms with Gasteiger partial charge in [0.1, 0.15) is 11.6 Å². The lowest BCUT2D eigenvalue weighted by Crippen LogP contribution is -2.44. The number of benzene rings is 1. The molecule has 0 spiro atoms. The number of anilines is 3. The number of likely N-dealkylation sites (N-methyl/N-ethyl adjacent to an activating group) is 1. The van der Waals surface area contributed by atoms with Gasteiger partial charge in [-0.1, -0.05) is 0 Å². The highest BCUT2D eigenvalue weighted by Gasteiger charge is 2.15. The minimum atomic E-state index is -0.393. The van der Waals surface area contributed by atoms with Crippen LogP contribution in [0.3, 0.4) is 0 Å². The van der Waals surface area contributed by atoms with Crippen molar-refractivity contribution in [3.63, 3.8) is 0 Å². The number of piperazine rings is 1. The van der Waals surface area contributed by atoms with Crippen molar-refractivity contribution < 1.29 is 9.18 Å². The minimum absolute atomic E-state index is 0.343. The first-order valence-electron chi connectivity index (χ1n) is 7.83. The van der Waals surface area contributed by atoms with Crippen molar-refractivity contribution in [1.29, 1.82) is 0 Å². The Hall–Kier alpha value is -2.67. The summed E-state index contributed by atoms with van der Waals surface area (Å²) < 4.78 is 12.8. The van der Waals surface area contributed by atoms with Gasteiger partial charge in [0.05, 0.1) is 11.9 Å². The van der Waals surface area contributed by atoms with Crippen LogP contribution in [0.5, 0.6) is 0 Å². The molecule has 2 amide bonds. The van der Waals surface area contributed by atoms with Gasteiger partial charge in [0.25, 0.3) is 0 Å². The van der Waals surface area contributed by atoms with Gasteiger partial charge in [0.15, 0.2) is 0 Å². The van der Waals surface area contributed by atoms with Gasteiger partial charge < -0.3 is 20.4 Å². The zero-order valence-electron chi connectivity index (χ0n) is 13.5. The van der Waals surface area contributed by atoms with Crippen LogP contribution in [-0.2, 0) is 0 Å². The smallest absolute Gasteiger partial charge is 0.323 e. The van der Waals surface area contributed by atoms with Crippen LogP contribution in [0.15, 0.2) is 42.6 Å². The van der Waals surface area contributed by atoms with Crippen molar-refractivity contribution in [3.05, 3.63) is 48.4 Å². The highest BCUT2D eigenvalue weighted by molar-refractivity contribution is 5.99. The Bertz CT molecular complexity index is 681. The largest absolute Gasteiger partial charge is 0.354 e. The lowest BCUT2D eigenvalue weighted by atomic mass is 10.3. The summed E-state index contributed by atoms with van der Waals surface area (Å²) in [6.45, 7) is 3.92. The summed E-state index contributed by atoms with van der Waals surface area (Å²) in [6.07, 6.45) is 1.64. The van der Waals surface area contributed by atoms with E-state index < -0.39 is 6.03 Å². The van der Waals surface area contributed by atoms with Crippen molar-refractivity contribution in [2.45, 2.75) is 0 Å². The lowest BCUT2D eigenvalue weighted by Gasteiger charge is -2.33. The number of hydrogen-bond donors (Lipinski definition) is 2. The first kappa shape index (κ1) is 16.2. The van der Waals surface area contributed by atoms with E-state index in [0.29, 0.717) is 11.4 Å². The van der Waals surface area contributed by atoms with Crippen LogP contribution in [0.1, 0.15) is 0 Å². The number of aromatic nitrogens is 1. The maximum absolute atomic E-state index is 12.8. The number of amides is 2. The Morgan fingerprint density at radius 2 is 1.62 bits per heavy atom. The molecular formula is C17H20FN5O. The van der Waals surface area contributed by atoms with Gasteiger partial charge in [-0.15, -0.1) is 0 Å². The van der Waals surface area contributed by atoms with Crippen molar-refractivity contribution >= 4 is 23.2 Å². The van der Waals surface area contributed by atoms with Crippen molar-refractivity contribution in [3.8, 4) is 0 Å². The maximum atomic E-state index is 12.8. The van der Waals surface area contributed by atoms with Crippen LogP contribution in [-0.4, -0.2) is 49.1 Å². The van der Waals surface area contributed by atoms with E-state index in [0.717, 1.165) is 32.0 Å². The summed E-state index contributed by atoms with van der Waals surface area (Å²) >= 11 is 0. The third-order valence-electron chi connectivity index (χ3n) is 3.94. The van der Waals surface area contributed by atoms with E-state index in [1.165, 1.54) is 24.3 Å². The summed E-state index contributed by atoms with van der Waals surface area (Å²) in [6, 6.07) is 8.93. The third kappa shape index (κ3) is 4.20. The van der Waals surface area contributed by atoms with Crippen LogP contribution in [0.4, 0.5) is 26.4 Å². The Labute approximate surface area is 140 Å². The monoisotopic (exact) mass is 329 g/mol. The Morgan fingerprint density at radius 1 is 1.00 bits per heavy atom. The first-order chi connectivity index (χ1) is 11.6. The van der Waals surface area contributed by atoms with Gasteiger partial charge in [-0.05, 0) is 43.4 Å². The molecule has 0 bridgehead atoms. The van der Waals surface area contributed by atoms with Gasteiger partial charge in [-0.25, -0.2) is 14.2 Å². The molecule has 24 heavy (non-hydrogen) atoms. The molecule has 126 valence electrons. The Balaban J connectivity index is 1.55. The van der Waals surface area contributed by atoms with Crippen LogP contribution in [0.25, 0.3) is 0 Å². The van der Waals surface area contributed by atoms with E-state index in [2.05, 4.69) is 32.5 Å². The second-order valence-corrected chi connectivity index (χ2v) is 5.78. The summed E-state index contributed by atoms with van der Waals surface area (Å²) in [5.41, 5.74) is 1.13. The quantitative estimate of drug-likeness (QED) is 0.909. The van der Waals surface area contributed by atoms with Crippen LogP contribution < -0.4 is 15.5 Å². The normalized spacial score (nSPS) is 15.2. The SMILES string of the molecule is CN1CCN(c2ccc(NC(=O)Nc3ccc(F)cc3)cn2)CC1. The zero-order chi connectivity index (χ0) is 16.9. The fourth-order valence-corrected chi connectivity index (χ4v) is 2.51. The molecule has 2 N–H and O–H groups in total. The van der Waals surface area contributed by atoms with E-state index >= 15 is 0 Å². The number of urea groups is 1. The summed E-state index contributed by atoms with van der Waals surface area (Å²) in [4.78, 5) is 20.9. The number of nitrogens with one attached hydrogen (secondary N) is 2. The second-order valence-electron chi connectivity index (χ2n) is 5.78. The van der Waals surface area contributed by atoms with Crippen molar-refractivity contribution in [2.75, 3.05) is 48.8 Å². The summed E-state index contributed by atoms with van der Waals surface area (Å²) in [7, 11) is 2.11. The van der Waals surface area contributed by atoms with E-state index in [9.17, 15) is 9.18 Å². The number of hydrogen-bond acceptors (Lipinski definition) is 4. The molecule has 1 fully saturated rings. The molecule has 2 heterocycles. The van der Waals surface area contributed by atoms with Crippen LogP contribution >= 0.6 is 0 Å². The zero-order valence-corrected chi connectivity index (χ0v) is 13.5. The molecule has 0 saturated carbocycles. The van der Waals surface area contributed by atoms with Crippen LogP contribution in [0, 0.1) is 5.82 Å². The van der Waals surface area contributed by atoms with E-state index in [1.807, 2.05) is 12.1 Å². The van der Waals surface area contributed by atoms with Crippen molar-refractivity contribution in [1.82, 2.24) is 9.88 Å². The van der Waals surface area contributed by atoms with Gasteiger partial charge in [-0.3, -0.25) is 0 Å². The number of pyridine rings is 1. The molecule has 1 aliphatic heterocycles. The predicted molar refractivity (Wildman–Crippen MR) is 93.0 cm³/mol. The molecule has 3 rings (SSSR count). The molecule has 7 heteroatoms. The molecule has 1 aromatic heterocycles. The molecule has 0 aliphatic carbocycles. The topological polar surface area (TPSA) is 60.5 Å². The van der Waals surface area contributed by atoms with Crippen LogP contribution in [0.2, 0.25) is 0 Å².